The van der Waals surface area contributed by atoms with Crippen LogP contribution in [0, 0.1) is 0 Å². The van der Waals surface area contributed by atoms with Gasteiger partial charge in [-0.3, -0.25) is 24.0 Å². The molecule has 0 bridgehead atoms. The molecule has 15 nitrogen and oxygen atoms in total. The SMILES string of the molecule is NC(=O)CC(NC(=O)C(N)CS)C(=O)NC(CCC(=O)O)C(=O)NC(Cc1cnc[nH]1)C(=O)O. The highest BCUT2D eigenvalue weighted by Gasteiger charge is 2.31. The standard InChI is InChI=1S/C18H27N7O8S/c19-9(6-34)15(29)24-11(4-13(20)26)17(31)23-10(1-2-14(27)28)16(30)25-12(18(32)33)3-8-5-21-7-22-8/h5,7,9-12,34H,1-4,6,19H2,(H2,20,26)(H,21,22)(H,23,31)(H,24,29)(H,25,30)(H,27,28)(H,32,33). The van der Waals surface area contributed by atoms with Crippen molar-refractivity contribution in [3.63, 3.8) is 0 Å². The lowest BCUT2D eigenvalue weighted by Crippen LogP contribution is -2.58. The van der Waals surface area contributed by atoms with Crippen molar-refractivity contribution in [2.24, 2.45) is 11.5 Å². The maximum Gasteiger partial charge on any atom is 0.326 e. The molecule has 0 aromatic carbocycles. The number of amides is 4. The summed E-state index contributed by atoms with van der Waals surface area (Å²) in [6.45, 7) is 0. The number of rotatable bonds is 15. The van der Waals surface area contributed by atoms with E-state index in [-0.39, 0.29) is 12.2 Å². The van der Waals surface area contributed by atoms with Crippen molar-refractivity contribution in [2.75, 3.05) is 5.75 Å². The van der Waals surface area contributed by atoms with Gasteiger partial charge in [-0.1, -0.05) is 0 Å². The van der Waals surface area contributed by atoms with E-state index in [2.05, 4.69) is 38.5 Å². The Labute approximate surface area is 198 Å². The van der Waals surface area contributed by atoms with Gasteiger partial charge in [-0.15, -0.1) is 0 Å². The normalized spacial score (nSPS) is 14.2. The van der Waals surface area contributed by atoms with Gasteiger partial charge in [-0.2, -0.15) is 12.6 Å². The molecule has 0 saturated heterocycles. The Morgan fingerprint density at radius 3 is 2.09 bits per heavy atom. The van der Waals surface area contributed by atoms with Crippen LogP contribution < -0.4 is 27.4 Å². The first-order chi connectivity index (χ1) is 15.9. The smallest absolute Gasteiger partial charge is 0.326 e. The second-order valence-electron chi connectivity index (χ2n) is 7.19. The predicted octanol–water partition coefficient (Wildman–Crippen LogP) is -3.51. The Balaban J connectivity index is 3.01. The highest BCUT2D eigenvalue weighted by atomic mass is 32.1. The van der Waals surface area contributed by atoms with Gasteiger partial charge in [0, 0.05) is 30.5 Å². The van der Waals surface area contributed by atoms with Crippen LogP contribution in [0.25, 0.3) is 0 Å². The van der Waals surface area contributed by atoms with Crippen molar-refractivity contribution in [2.45, 2.75) is 49.9 Å². The number of primary amides is 1. The third-order valence-electron chi connectivity index (χ3n) is 4.45. The minimum Gasteiger partial charge on any atom is -0.481 e. The molecule has 188 valence electrons. The number of hydrogen-bond donors (Lipinski definition) is 9. The summed E-state index contributed by atoms with van der Waals surface area (Å²) in [6.07, 6.45) is 0.923. The van der Waals surface area contributed by atoms with E-state index in [4.69, 9.17) is 16.6 Å². The van der Waals surface area contributed by atoms with Crippen LogP contribution in [0.2, 0.25) is 0 Å². The molecule has 0 aliphatic carbocycles. The minimum absolute atomic E-state index is 0.0622. The molecule has 1 heterocycles. The molecule has 4 amide bonds. The average Bonchev–Trinajstić information content (AvgIpc) is 3.27. The molecule has 1 aromatic heterocycles. The molecule has 0 spiro atoms. The molecule has 10 N–H and O–H groups in total. The van der Waals surface area contributed by atoms with E-state index >= 15 is 0 Å². The number of aliphatic carboxylic acids is 2. The summed E-state index contributed by atoms with van der Waals surface area (Å²) in [5.74, 6) is -6.49. The van der Waals surface area contributed by atoms with Crippen LogP contribution in [0.15, 0.2) is 12.5 Å². The van der Waals surface area contributed by atoms with Crippen molar-refractivity contribution >= 4 is 48.2 Å². The number of nitrogens with two attached hydrogens (primary N) is 2. The van der Waals surface area contributed by atoms with Crippen LogP contribution in [0.4, 0.5) is 0 Å². The zero-order valence-corrected chi connectivity index (χ0v) is 18.8. The van der Waals surface area contributed by atoms with E-state index in [0.717, 1.165) is 0 Å². The summed E-state index contributed by atoms with van der Waals surface area (Å²) < 4.78 is 0. The van der Waals surface area contributed by atoms with E-state index in [9.17, 15) is 33.9 Å². The van der Waals surface area contributed by atoms with Gasteiger partial charge < -0.3 is 42.6 Å². The summed E-state index contributed by atoms with van der Waals surface area (Å²) in [5, 5.41) is 25.1. The lowest BCUT2D eigenvalue weighted by Gasteiger charge is -2.24. The predicted molar refractivity (Wildman–Crippen MR) is 118 cm³/mol. The quantitative estimate of drug-likeness (QED) is 0.107. The number of aromatic amines is 1. The number of H-pyrrole nitrogens is 1. The van der Waals surface area contributed by atoms with Crippen molar-refractivity contribution in [3.05, 3.63) is 18.2 Å². The third-order valence-corrected chi connectivity index (χ3v) is 4.84. The van der Waals surface area contributed by atoms with E-state index < -0.39 is 79.0 Å². The van der Waals surface area contributed by atoms with Crippen LogP contribution in [0.3, 0.4) is 0 Å². The number of carboxylic acids is 2. The third kappa shape index (κ3) is 9.86. The summed E-state index contributed by atoms with van der Waals surface area (Å²) >= 11 is 3.87. The van der Waals surface area contributed by atoms with Gasteiger partial charge >= 0.3 is 11.9 Å². The number of nitrogens with one attached hydrogen (secondary N) is 4. The Hall–Kier alpha value is -3.66. The number of carbonyl (C=O) groups excluding carboxylic acids is 4. The molecular formula is C18H27N7O8S. The highest BCUT2D eigenvalue weighted by molar-refractivity contribution is 7.80. The average molecular weight is 502 g/mol. The van der Waals surface area contributed by atoms with Gasteiger partial charge in [-0.05, 0) is 6.42 Å². The van der Waals surface area contributed by atoms with E-state index in [1.165, 1.54) is 12.5 Å². The van der Waals surface area contributed by atoms with E-state index in [1.807, 2.05) is 0 Å². The van der Waals surface area contributed by atoms with Crippen LogP contribution >= 0.6 is 12.6 Å². The molecule has 0 fully saturated rings. The molecule has 4 unspecified atom stereocenters. The lowest BCUT2D eigenvalue weighted by atomic mass is 10.1. The molecule has 0 radical (unpaired) electrons. The van der Waals surface area contributed by atoms with E-state index in [0.29, 0.717) is 5.69 Å². The Morgan fingerprint density at radius 2 is 1.59 bits per heavy atom. The molecule has 0 aliphatic heterocycles. The Kier molecular flexibility index (Phi) is 11.5. The van der Waals surface area contributed by atoms with Gasteiger partial charge in [0.2, 0.25) is 23.6 Å². The van der Waals surface area contributed by atoms with Crippen molar-refractivity contribution in [1.82, 2.24) is 25.9 Å². The second kappa shape index (κ2) is 13.8. The van der Waals surface area contributed by atoms with Gasteiger partial charge in [0.05, 0.1) is 18.8 Å². The number of hydrogen-bond acceptors (Lipinski definition) is 9. The summed E-state index contributed by atoms with van der Waals surface area (Å²) in [4.78, 5) is 77.8. The molecule has 0 aliphatic rings. The van der Waals surface area contributed by atoms with Crippen molar-refractivity contribution < 1.29 is 39.0 Å². The second-order valence-corrected chi connectivity index (χ2v) is 7.56. The Bertz CT molecular complexity index is 895. The number of imidazole rings is 1. The maximum absolute atomic E-state index is 12.7. The number of thiol groups is 1. The summed E-state index contributed by atoms with van der Waals surface area (Å²) in [6, 6.07) is -5.54. The van der Waals surface area contributed by atoms with Crippen LogP contribution in [0.5, 0.6) is 0 Å². The molecule has 1 rings (SSSR count). The zero-order valence-electron chi connectivity index (χ0n) is 17.9. The topological polar surface area (TPSA) is 260 Å². The highest BCUT2D eigenvalue weighted by Crippen LogP contribution is 2.05. The monoisotopic (exact) mass is 501 g/mol. The Morgan fingerprint density at radius 1 is 1.00 bits per heavy atom. The minimum atomic E-state index is -1.52. The molecule has 34 heavy (non-hydrogen) atoms. The number of carboxylic acid groups (broad SMARTS) is 2. The first-order valence-corrected chi connectivity index (χ1v) is 10.6. The summed E-state index contributed by atoms with van der Waals surface area (Å²) in [7, 11) is 0. The first kappa shape index (κ1) is 28.4. The van der Waals surface area contributed by atoms with Crippen LogP contribution in [-0.4, -0.2) is 85.7 Å². The van der Waals surface area contributed by atoms with E-state index in [1.54, 1.807) is 0 Å². The van der Waals surface area contributed by atoms with Gasteiger partial charge in [0.1, 0.15) is 18.1 Å². The fraction of sp³-hybridized carbons (Fsp3) is 0.500. The van der Waals surface area contributed by atoms with Gasteiger partial charge in [0.15, 0.2) is 0 Å². The summed E-state index contributed by atoms with van der Waals surface area (Å²) in [5.41, 5.74) is 11.1. The lowest BCUT2D eigenvalue weighted by molar-refractivity contribution is -0.143. The largest absolute Gasteiger partial charge is 0.481 e. The number of nitrogens with zero attached hydrogens (tertiary/aromatic N) is 1. The number of aromatic nitrogens is 2. The molecule has 1 aromatic rings. The zero-order chi connectivity index (χ0) is 25.8. The number of carbonyl (C=O) groups is 6. The molecular weight excluding hydrogens is 474 g/mol. The fourth-order valence-electron chi connectivity index (χ4n) is 2.67. The van der Waals surface area contributed by atoms with Crippen molar-refractivity contribution in [1.29, 1.82) is 0 Å². The van der Waals surface area contributed by atoms with Gasteiger partial charge in [0.25, 0.3) is 0 Å². The van der Waals surface area contributed by atoms with Crippen LogP contribution in [0.1, 0.15) is 25.0 Å². The first-order valence-electron chi connectivity index (χ1n) is 9.92. The van der Waals surface area contributed by atoms with Gasteiger partial charge in [-0.25, -0.2) is 9.78 Å². The molecule has 4 atom stereocenters. The van der Waals surface area contributed by atoms with Crippen molar-refractivity contribution in [3.8, 4) is 0 Å². The fourth-order valence-corrected chi connectivity index (χ4v) is 2.84. The van der Waals surface area contributed by atoms with Crippen LogP contribution in [-0.2, 0) is 35.2 Å². The molecule has 0 saturated carbocycles. The maximum atomic E-state index is 12.7. The molecule has 16 heteroatoms.